The van der Waals surface area contributed by atoms with E-state index >= 15 is 0 Å². The van der Waals surface area contributed by atoms with Gasteiger partial charge in [0.2, 0.25) is 0 Å². The average molecular weight is 343 g/mol. The van der Waals surface area contributed by atoms with Crippen LogP contribution in [0.5, 0.6) is 0 Å². The second kappa shape index (κ2) is 5.11. The summed E-state index contributed by atoms with van der Waals surface area (Å²) < 4.78 is 9.78. The molecule has 2 heterocycles. The minimum Gasteiger partial charge on any atom is -0.452 e. The third kappa shape index (κ3) is 1.84. The van der Waals surface area contributed by atoms with Crippen LogP contribution in [0.25, 0.3) is 0 Å². The lowest BCUT2D eigenvalue weighted by Crippen LogP contribution is -2.76. The summed E-state index contributed by atoms with van der Waals surface area (Å²) in [6.07, 6.45) is 0.105. The fourth-order valence-corrected chi connectivity index (χ4v) is 5.58. The number of nitrogens with zero attached hydrogens (tertiary/aromatic N) is 3. The maximum Gasteiger partial charge on any atom is 0.429 e. The second-order valence-corrected chi connectivity index (χ2v) is 7.31. The molecule has 7 nitrogen and oxygen atoms in total. The van der Waals surface area contributed by atoms with Gasteiger partial charge in [0.25, 0.3) is 0 Å². The predicted molar refractivity (Wildman–Crippen MR) is 87.2 cm³/mol. The van der Waals surface area contributed by atoms with Crippen molar-refractivity contribution in [3.05, 3.63) is 35.9 Å². The molecule has 2 aliphatic heterocycles. The van der Waals surface area contributed by atoms with Crippen LogP contribution >= 0.6 is 0 Å². The monoisotopic (exact) mass is 343 g/mol. The van der Waals surface area contributed by atoms with Crippen molar-refractivity contribution in [3.63, 3.8) is 0 Å². The largest absolute Gasteiger partial charge is 0.452 e. The van der Waals surface area contributed by atoms with Crippen molar-refractivity contribution >= 4 is 12.2 Å². The number of methoxy groups -OCH3 is 2. The van der Waals surface area contributed by atoms with E-state index in [1.165, 1.54) is 29.8 Å². The lowest BCUT2D eigenvalue weighted by Gasteiger charge is -2.55. The Morgan fingerprint density at radius 1 is 0.920 bits per heavy atom. The summed E-state index contributed by atoms with van der Waals surface area (Å²) in [6.45, 7) is 0.930. The van der Waals surface area contributed by atoms with Gasteiger partial charge in [0.15, 0.2) is 0 Å². The van der Waals surface area contributed by atoms with E-state index in [-0.39, 0.29) is 12.1 Å². The highest BCUT2D eigenvalue weighted by Gasteiger charge is 2.78. The third-order valence-corrected chi connectivity index (χ3v) is 6.40. The van der Waals surface area contributed by atoms with Crippen molar-refractivity contribution < 1.29 is 19.1 Å². The average Bonchev–Trinajstić information content (AvgIpc) is 3.07. The first-order valence-corrected chi connectivity index (χ1v) is 8.71. The van der Waals surface area contributed by atoms with Gasteiger partial charge in [-0.2, -0.15) is 0 Å². The molecule has 0 N–H and O–H groups in total. The Morgan fingerprint density at radius 3 is 1.92 bits per heavy atom. The molecule has 1 aromatic carbocycles. The molecule has 2 amide bonds. The van der Waals surface area contributed by atoms with Gasteiger partial charge in [-0.3, -0.25) is 4.90 Å². The summed E-state index contributed by atoms with van der Waals surface area (Å²) in [5.74, 6) is 0.812. The number of carbonyl (C=O) groups excluding carboxylic acids is 2. The van der Waals surface area contributed by atoms with E-state index in [9.17, 15) is 9.59 Å². The molecule has 4 fully saturated rings. The van der Waals surface area contributed by atoms with E-state index in [0.717, 1.165) is 13.0 Å². The normalized spacial score (nSPS) is 39.4. The highest BCUT2D eigenvalue weighted by atomic mass is 16.6. The molecule has 25 heavy (non-hydrogen) atoms. The molecule has 2 saturated carbocycles. The number of rotatable bonds is 2. The Bertz CT molecular complexity index is 686. The van der Waals surface area contributed by atoms with E-state index < -0.39 is 12.2 Å². The minimum absolute atomic E-state index is 0.0542. The van der Waals surface area contributed by atoms with E-state index in [2.05, 4.69) is 29.2 Å². The van der Waals surface area contributed by atoms with Gasteiger partial charge >= 0.3 is 12.2 Å². The lowest BCUT2D eigenvalue weighted by molar-refractivity contribution is -0.173. The molecule has 0 aromatic heterocycles. The topological polar surface area (TPSA) is 62.1 Å². The molecular formula is C18H21N3O4. The van der Waals surface area contributed by atoms with E-state index in [1.54, 1.807) is 0 Å². The smallest absolute Gasteiger partial charge is 0.429 e. The summed E-state index contributed by atoms with van der Waals surface area (Å²) in [7, 11) is 2.69. The fourth-order valence-electron chi connectivity index (χ4n) is 5.58. The summed E-state index contributed by atoms with van der Waals surface area (Å²) >= 11 is 0. The van der Waals surface area contributed by atoms with Gasteiger partial charge in [0.05, 0.1) is 26.3 Å². The Morgan fingerprint density at radius 2 is 1.44 bits per heavy atom. The van der Waals surface area contributed by atoms with Crippen LogP contribution in [0.3, 0.4) is 0 Å². The van der Waals surface area contributed by atoms with Crippen LogP contribution in [0.2, 0.25) is 0 Å². The predicted octanol–water partition coefficient (Wildman–Crippen LogP) is 1.69. The highest BCUT2D eigenvalue weighted by Crippen LogP contribution is 2.64. The number of fused-ring (bicyclic) bond motifs is 8. The zero-order valence-electron chi connectivity index (χ0n) is 14.2. The number of hydrogen-bond acceptors (Lipinski definition) is 5. The first-order valence-electron chi connectivity index (χ1n) is 8.71. The maximum atomic E-state index is 12.2. The standard InChI is InChI=1S/C18H21N3O4/c1-24-17(22)20-15-11-8-12(16(15)21(20)18(23)25-2)14-13(11)19(14)9-10-6-4-3-5-7-10/h3-7,11-16H,8-9H2,1-2H3/t11-,12+,13+,14-,15-,16+,19?. The van der Waals surface area contributed by atoms with Crippen LogP contribution in [0, 0.1) is 11.8 Å². The number of likely N-dealkylation sites (tertiary alicyclic amines) is 1. The third-order valence-electron chi connectivity index (χ3n) is 6.40. The van der Waals surface area contributed by atoms with Gasteiger partial charge in [0.1, 0.15) is 0 Å². The van der Waals surface area contributed by atoms with E-state index in [0.29, 0.717) is 23.9 Å². The zero-order chi connectivity index (χ0) is 17.3. The molecule has 132 valence electrons. The quantitative estimate of drug-likeness (QED) is 0.765. The Balaban J connectivity index is 1.38. The van der Waals surface area contributed by atoms with Crippen molar-refractivity contribution in [2.75, 3.05) is 14.2 Å². The molecule has 2 aliphatic carbocycles. The van der Waals surface area contributed by atoms with Gasteiger partial charge in [0, 0.05) is 30.5 Å². The van der Waals surface area contributed by atoms with Crippen LogP contribution in [0.1, 0.15) is 12.0 Å². The van der Waals surface area contributed by atoms with Crippen molar-refractivity contribution in [3.8, 4) is 0 Å². The van der Waals surface area contributed by atoms with Crippen molar-refractivity contribution in [1.82, 2.24) is 14.9 Å². The molecule has 1 aromatic rings. The summed E-state index contributed by atoms with van der Waals surface area (Å²) in [4.78, 5) is 26.9. The number of benzene rings is 1. The SMILES string of the molecule is COC(=O)N1[C@@H]2[C@@H]3C[C@@H]([C@@H]4[C@H]3N4Cc3ccccc3)[C@@H]2N1C(=O)OC. The Labute approximate surface area is 146 Å². The van der Waals surface area contributed by atoms with Gasteiger partial charge < -0.3 is 9.47 Å². The number of ether oxygens (including phenoxy) is 2. The number of amides is 2. The van der Waals surface area contributed by atoms with Crippen molar-refractivity contribution in [1.29, 1.82) is 0 Å². The summed E-state index contributed by atoms with van der Waals surface area (Å²) in [5.41, 5.74) is 1.30. The van der Waals surface area contributed by atoms with E-state index in [4.69, 9.17) is 9.47 Å². The van der Waals surface area contributed by atoms with Crippen LogP contribution in [0.4, 0.5) is 9.59 Å². The number of hydrogen-bond donors (Lipinski definition) is 0. The molecule has 4 aliphatic rings. The maximum absolute atomic E-state index is 12.2. The molecule has 0 spiro atoms. The molecule has 2 saturated heterocycles. The van der Waals surface area contributed by atoms with Crippen molar-refractivity contribution in [2.24, 2.45) is 11.8 Å². The van der Waals surface area contributed by atoms with Gasteiger partial charge in [-0.1, -0.05) is 30.3 Å². The summed E-state index contributed by atoms with van der Waals surface area (Å²) in [5, 5.41) is 2.94. The molecule has 0 radical (unpaired) electrons. The number of piperidine rings is 1. The first kappa shape index (κ1) is 15.0. The highest BCUT2D eigenvalue weighted by molar-refractivity contribution is 5.77. The van der Waals surface area contributed by atoms with Gasteiger partial charge in [-0.15, -0.1) is 0 Å². The van der Waals surface area contributed by atoms with Crippen LogP contribution in [0.15, 0.2) is 30.3 Å². The van der Waals surface area contributed by atoms with Gasteiger partial charge in [-0.25, -0.2) is 19.6 Å². The molecular weight excluding hydrogens is 322 g/mol. The van der Waals surface area contributed by atoms with E-state index in [1.807, 2.05) is 6.07 Å². The molecule has 5 rings (SSSR count). The first-order chi connectivity index (χ1) is 12.2. The Hall–Kier alpha value is -2.28. The second-order valence-electron chi connectivity index (χ2n) is 7.31. The minimum atomic E-state index is -0.481. The summed E-state index contributed by atoms with van der Waals surface area (Å²) in [6, 6.07) is 11.6. The molecule has 2 bridgehead atoms. The van der Waals surface area contributed by atoms with Crippen molar-refractivity contribution in [2.45, 2.75) is 37.1 Å². The molecule has 7 heteroatoms. The van der Waals surface area contributed by atoms with Crippen LogP contribution < -0.4 is 0 Å². The van der Waals surface area contributed by atoms with Crippen LogP contribution in [-0.2, 0) is 16.0 Å². The fraction of sp³-hybridized carbons (Fsp3) is 0.556. The lowest BCUT2D eigenvalue weighted by atomic mass is 9.86. The number of carbonyl (C=O) groups is 2. The molecule has 1 unspecified atom stereocenters. The molecule has 7 atom stereocenters. The zero-order valence-corrected chi connectivity index (χ0v) is 14.2. The Kier molecular flexibility index (Phi) is 3.07. The number of hydrazine groups is 1. The van der Waals surface area contributed by atoms with Crippen LogP contribution in [-0.4, -0.2) is 65.5 Å². The van der Waals surface area contributed by atoms with Gasteiger partial charge in [-0.05, 0) is 12.0 Å².